The van der Waals surface area contributed by atoms with Gasteiger partial charge in [0.15, 0.2) is 0 Å². The predicted octanol–water partition coefficient (Wildman–Crippen LogP) is 4.33. The third kappa shape index (κ3) is 9.77. The summed E-state index contributed by atoms with van der Waals surface area (Å²) in [6, 6.07) is 13.6. The summed E-state index contributed by atoms with van der Waals surface area (Å²) in [6.45, 7) is 7.24. The fourth-order valence-corrected chi connectivity index (χ4v) is 3.91. The number of hydrogen-bond acceptors (Lipinski definition) is 4. The Labute approximate surface area is 211 Å². The van der Waals surface area contributed by atoms with Gasteiger partial charge in [-0.05, 0) is 74.5 Å². The van der Waals surface area contributed by atoms with Gasteiger partial charge in [0, 0.05) is 60.7 Å². The molecule has 1 heterocycles. The summed E-state index contributed by atoms with van der Waals surface area (Å²) in [5.74, 6) is 0. The summed E-state index contributed by atoms with van der Waals surface area (Å²) in [5, 5.41) is 12.6. The number of piperazine rings is 1. The quantitative estimate of drug-likeness (QED) is 0.361. The van der Waals surface area contributed by atoms with Gasteiger partial charge in [-0.25, -0.2) is 9.59 Å². The first kappa shape index (κ1) is 26.1. The largest absolute Gasteiger partial charge is 0.338 e. The van der Waals surface area contributed by atoms with Crippen LogP contribution in [0.25, 0.3) is 0 Å². The predicted molar refractivity (Wildman–Crippen MR) is 139 cm³/mol. The molecule has 0 aromatic heterocycles. The number of nitrogens with zero attached hydrogens (tertiary/aromatic N) is 2. The molecule has 0 aliphatic carbocycles. The number of rotatable bonds is 10. The van der Waals surface area contributed by atoms with Gasteiger partial charge in [0.1, 0.15) is 0 Å². The van der Waals surface area contributed by atoms with Crippen LogP contribution in [0.3, 0.4) is 0 Å². The van der Waals surface area contributed by atoms with Crippen molar-refractivity contribution in [3.8, 4) is 0 Å². The molecule has 1 fully saturated rings. The molecule has 4 N–H and O–H groups in total. The SMILES string of the molecule is O=C(NCCCN1CCN(CCCNC(=O)Nc2ccc(Cl)cc2)CC1)Nc1ccc(Cl)cc1. The zero-order valence-corrected chi connectivity index (χ0v) is 20.7. The fourth-order valence-electron chi connectivity index (χ4n) is 3.66. The smallest absolute Gasteiger partial charge is 0.319 e. The summed E-state index contributed by atoms with van der Waals surface area (Å²) < 4.78 is 0. The molecule has 4 amide bonds. The number of urea groups is 2. The van der Waals surface area contributed by atoms with Crippen LogP contribution in [0.1, 0.15) is 12.8 Å². The summed E-state index contributed by atoms with van der Waals surface area (Å²) in [7, 11) is 0. The molecule has 2 aromatic rings. The van der Waals surface area contributed by atoms with Crippen LogP contribution in [0.15, 0.2) is 48.5 Å². The van der Waals surface area contributed by atoms with Crippen LogP contribution in [0, 0.1) is 0 Å². The average Bonchev–Trinajstić information content (AvgIpc) is 2.83. The number of halogens is 2. The van der Waals surface area contributed by atoms with Crippen molar-refractivity contribution in [1.29, 1.82) is 0 Å². The highest BCUT2D eigenvalue weighted by Gasteiger charge is 2.16. The molecular formula is C24H32Cl2N6O2. The molecule has 0 atom stereocenters. The molecule has 1 aliphatic rings. The molecule has 1 saturated heterocycles. The van der Waals surface area contributed by atoms with Gasteiger partial charge < -0.3 is 31.1 Å². The first-order valence-corrected chi connectivity index (χ1v) is 12.3. The molecule has 0 radical (unpaired) electrons. The molecule has 8 nitrogen and oxygen atoms in total. The molecule has 0 bridgehead atoms. The molecule has 2 aromatic carbocycles. The number of amides is 4. The highest BCUT2D eigenvalue weighted by molar-refractivity contribution is 6.30. The highest BCUT2D eigenvalue weighted by atomic mass is 35.5. The van der Waals surface area contributed by atoms with E-state index in [1.165, 1.54) is 0 Å². The first-order chi connectivity index (χ1) is 16.5. The second-order valence-corrected chi connectivity index (χ2v) is 9.04. The zero-order valence-electron chi connectivity index (χ0n) is 19.2. The summed E-state index contributed by atoms with van der Waals surface area (Å²) >= 11 is 11.7. The molecular weight excluding hydrogens is 475 g/mol. The minimum absolute atomic E-state index is 0.206. The summed E-state index contributed by atoms with van der Waals surface area (Å²) in [4.78, 5) is 28.8. The molecule has 0 saturated carbocycles. The molecule has 1 aliphatic heterocycles. The Morgan fingerprint density at radius 2 is 1.00 bits per heavy atom. The van der Waals surface area contributed by atoms with E-state index in [0.717, 1.165) is 63.5 Å². The average molecular weight is 507 g/mol. The minimum Gasteiger partial charge on any atom is -0.338 e. The number of carbonyl (C=O) groups excluding carboxylic acids is 2. The van der Waals surface area contributed by atoms with Crippen molar-refractivity contribution in [3.05, 3.63) is 58.6 Å². The van der Waals surface area contributed by atoms with Crippen LogP contribution < -0.4 is 21.3 Å². The van der Waals surface area contributed by atoms with Gasteiger partial charge in [-0.15, -0.1) is 0 Å². The lowest BCUT2D eigenvalue weighted by Gasteiger charge is -2.34. The van der Waals surface area contributed by atoms with Crippen molar-refractivity contribution in [1.82, 2.24) is 20.4 Å². The van der Waals surface area contributed by atoms with E-state index >= 15 is 0 Å². The van der Waals surface area contributed by atoms with E-state index in [4.69, 9.17) is 23.2 Å². The molecule has 0 unspecified atom stereocenters. The molecule has 10 heteroatoms. The van der Waals surface area contributed by atoms with Crippen LogP contribution in [0.5, 0.6) is 0 Å². The van der Waals surface area contributed by atoms with Crippen LogP contribution in [0.4, 0.5) is 21.0 Å². The number of nitrogens with one attached hydrogen (secondary N) is 4. The molecule has 3 rings (SSSR count). The van der Waals surface area contributed by atoms with Gasteiger partial charge in [0.25, 0.3) is 0 Å². The van der Waals surface area contributed by atoms with Crippen LogP contribution in [-0.2, 0) is 0 Å². The van der Waals surface area contributed by atoms with E-state index in [1.54, 1.807) is 48.5 Å². The van der Waals surface area contributed by atoms with Crippen molar-refractivity contribution < 1.29 is 9.59 Å². The normalized spacial score (nSPS) is 14.4. The molecule has 0 spiro atoms. The topological polar surface area (TPSA) is 88.7 Å². The molecule has 184 valence electrons. The lowest BCUT2D eigenvalue weighted by Crippen LogP contribution is -2.47. The van der Waals surface area contributed by atoms with Crippen molar-refractivity contribution in [2.24, 2.45) is 0 Å². The Balaban J connectivity index is 1.18. The van der Waals surface area contributed by atoms with E-state index in [0.29, 0.717) is 23.1 Å². The number of benzene rings is 2. The first-order valence-electron chi connectivity index (χ1n) is 11.5. The second kappa shape index (κ2) is 14.0. The van der Waals surface area contributed by atoms with Gasteiger partial charge in [-0.3, -0.25) is 0 Å². The van der Waals surface area contributed by atoms with Gasteiger partial charge in [-0.2, -0.15) is 0 Å². The fraction of sp³-hybridized carbons (Fsp3) is 0.417. The Hall–Kier alpha value is -2.52. The Bertz CT molecular complexity index is 827. The zero-order chi connectivity index (χ0) is 24.2. The second-order valence-electron chi connectivity index (χ2n) is 8.17. The summed E-state index contributed by atoms with van der Waals surface area (Å²) in [6.07, 6.45) is 1.81. The lowest BCUT2D eigenvalue weighted by molar-refractivity contribution is 0.130. The van der Waals surface area contributed by atoms with E-state index < -0.39 is 0 Å². The van der Waals surface area contributed by atoms with Gasteiger partial charge in [0.2, 0.25) is 0 Å². The van der Waals surface area contributed by atoms with Crippen molar-refractivity contribution >= 4 is 46.6 Å². The van der Waals surface area contributed by atoms with Crippen molar-refractivity contribution in [2.45, 2.75) is 12.8 Å². The number of anilines is 2. The third-order valence-corrected chi connectivity index (χ3v) is 6.05. The van der Waals surface area contributed by atoms with Gasteiger partial charge in [0.05, 0.1) is 0 Å². The van der Waals surface area contributed by atoms with Crippen LogP contribution in [0.2, 0.25) is 10.0 Å². The summed E-state index contributed by atoms with van der Waals surface area (Å²) in [5.41, 5.74) is 1.44. The van der Waals surface area contributed by atoms with E-state index in [9.17, 15) is 9.59 Å². The van der Waals surface area contributed by atoms with E-state index in [1.807, 2.05) is 0 Å². The monoisotopic (exact) mass is 506 g/mol. The molecule has 34 heavy (non-hydrogen) atoms. The standard InChI is InChI=1S/C24H32Cl2N6O2/c25-19-3-7-21(8-4-19)29-23(33)27-11-1-13-31-15-17-32(18-16-31)14-2-12-28-24(34)30-22-9-5-20(26)6-10-22/h3-10H,1-2,11-18H2,(H2,27,29,33)(H2,28,30,34). The maximum Gasteiger partial charge on any atom is 0.319 e. The minimum atomic E-state index is -0.206. The Morgan fingerprint density at radius 3 is 1.35 bits per heavy atom. The maximum atomic E-state index is 12.0. The van der Waals surface area contributed by atoms with E-state index in [2.05, 4.69) is 31.1 Å². The lowest BCUT2D eigenvalue weighted by atomic mass is 10.2. The van der Waals surface area contributed by atoms with E-state index in [-0.39, 0.29) is 12.1 Å². The Morgan fingerprint density at radius 1 is 0.647 bits per heavy atom. The van der Waals surface area contributed by atoms with Crippen molar-refractivity contribution in [2.75, 3.05) is 63.0 Å². The Kier molecular flexibility index (Phi) is 10.8. The maximum absolute atomic E-state index is 12.0. The highest BCUT2D eigenvalue weighted by Crippen LogP contribution is 2.14. The van der Waals surface area contributed by atoms with Crippen LogP contribution in [-0.4, -0.2) is 74.2 Å². The number of hydrogen-bond donors (Lipinski definition) is 4. The number of carbonyl (C=O) groups is 2. The van der Waals surface area contributed by atoms with Crippen molar-refractivity contribution in [3.63, 3.8) is 0 Å². The van der Waals surface area contributed by atoms with Gasteiger partial charge in [-0.1, -0.05) is 23.2 Å². The third-order valence-electron chi connectivity index (χ3n) is 5.54. The van der Waals surface area contributed by atoms with Crippen LogP contribution >= 0.6 is 23.2 Å². The van der Waals surface area contributed by atoms with Gasteiger partial charge >= 0.3 is 12.1 Å².